The molecule has 5 nitrogen and oxygen atoms in total. The van der Waals surface area contributed by atoms with Crippen LogP contribution in [0.1, 0.15) is 5.56 Å². The van der Waals surface area contributed by atoms with Gasteiger partial charge in [0.25, 0.3) is 0 Å². The number of nitrogens with zero attached hydrogens (tertiary/aromatic N) is 1. The van der Waals surface area contributed by atoms with E-state index in [9.17, 15) is 13.2 Å². The molecule has 0 radical (unpaired) electrons. The summed E-state index contributed by atoms with van der Waals surface area (Å²) >= 11 is 0. The van der Waals surface area contributed by atoms with Crippen molar-refractivity contribution in [1.29, 1.82) is 0 Å². The Morgan fingerprint density at radius 3 is 2.10 bits per heavy atom. The highest BCUT2D eigenvalue weighted by atomic mass is 32.2. The molecular formula is C25H22N2O3S. The number of carbonyl (C=O) groups excluding carboxylic acids is 1. The van der Waals surface area contributed by atoms with Crippen LogP contribution in [0.2, 0.25) is 0 Å². The third-order valence-electron chi connectivity index (χ3n) is 4.97. The van der Waals surface area contributed by atoms with Crippen molar-refractivity contribution in [3.63, 3.8) is 0 Å². The molecule has 0 unspecified atom stereocenters. The number of anilines is 1. The van der Waals surface area contributed by atoms with E-state index >= 15 is 0 Å². The lowest BCUT2D eigenvalue weighted by atomic mass is 10.1. The van der Waals surface area contributed by atoms with Crippen LogP contribution >= 0.6 is 0 Å². The van der Waals surface area contributed by atoms with E-state index in [1.807, 2.05) is 72.8 Å². The molecule has 1 N–H and O–H groups in total. The van der Waals surface area contributed by atoms with Gasteiger partial charge in [0.15, 0.2) is 0 Å². The van der Waals surface area contributed by atoms with Crippen LogP contribution in [0.15, 0.2) is 108 Å². The Bertz CT molecular complexity index is 1280. The number of fused-ring (bicyclic) bond motifs is 1. The van der Waals surface area contributed by atoms with Crippen LogP contribution in [0.3, 0.4) is 0 Å². The van der Waals surface area contributed by atoms with E-state index < -0.39 is 15.9 Å². The van der Waals surface area contributed by atoms with Crippen molar-refractivity contribution in [3.05, 3.63) is 109 Å². The molecule has 0 saturated heterocycles. The van der Waals surface area contributed by atoms with Crippen molar-refractivity contribution in [2.24, 2.45) is 0 Å². The van der Waals surface area contributed by atoms with Crippen LogP contribution < -0.4 is 5.32 Å². The van der Waals surface area contributed by atoms with Crippen molar-refractivity contribution in [3.8, 4) is 0 Å². The van der Waals surface area contributed by atoms with Crippen molar-refractivity contribution in [2.45, 2.75) is 11.4 Å². The molecule has 6 heteroatoms. The average Bonchev–Trinajstić information content (AvgIpc) is 2.80. The van der Waals surface area contributed by atoms with Gasteiger partial charge in [-0.2, -0.15) is 4.31 Å². The van der Waals surface area contributed by atoms with E-state index in [0.717, 1.165) is 16.3 Å². The van der Waals surface area contributed by atoms with Crippen molar-refractivity contribution >= 4 is 32.4 Å². The van der Waals surface area contributed by atoms with Crippen LogP contribution in [-0.2, 0) is 21.4 Å². The standard InChI is InChI=1S/C25H22N2O3S/c28-25(26-24-17-9-13-21-12-7-8-16-23(21)24)19-27(18-20-10-3-1-4-11-20)31(29,30)22-14-5-2-6-15-22/h1-17H,18-19H2,(H,26,28). The molecule has 0 aliphatic rings. The molecule has 0 fully saturated rings. The number of carbonyl (C=O) groups is 1. The summed E-state index contributed by atoms with van der Waals surface area (Å²) < 4.78 is 27.8. The largest absolute Gasteiger partial charge is 0.324 e. The summed E-state index contributed by atoms with van der Waals surface area (Å²) in [6, 6.07) is 30.8. The first kappa shape index (κ1) is 20.8. The Kier molecular flexibility index (Phi) is 6.11. The molecule has 156 valence electrons. The molecule has 0 heterocycles. The van der Waals surface area contributed by atoms with Gasteiger partial charge in [-0.3, -0.25) is 4.79 Å². The van der Waals surface area contributed by atoms with Gasteiger partial charge in [0, 0.05) is 17.6 Å². The minimum absolute atomic E-state index is 0.0982. The predicted octanol–water partition coefficient (Wildman–Crippen LogP) is 4.67. The summed E-state index contributed by atoms with van der Waals surface area (Å²) in [5.41, 5.74) is 1.46. The minimum atomic E-state index is -3.86. The first-order valence-electron chi connectivity index (χ1n) is 9.91. The quantitative estimate of drug-likeness (QED) is 0.463. The van der Waals surface area contributed by atoms with Gasteiger partial charge in [0.05, 0.1) is 11.4 Å². The summed E-state index contributed by atoms with van der Waals surface area (Å²) in [7, 11) is -3.86. The monoisotopic (exact) mass is 430 g/mol. The summed E-state index contributed by atoms with van der Waals surface area (Å²) in [5.74, 6) is -0.396. The molecule has 4 aromatic carbocycles. The number of sulfonamides is 1. The Morgan fingerprint density at radius 2 is 1.35 bits per heavy atom. The highest BCUT2D eigenvalue weighted by Gasteiger charge is 2.27. The lowest BCUT2D eigenvalue weighted by Gasteiger charge is -2.22. The summed E-state index contributed by atoms with van der Waals surface area (Å²) in [6.45, 7) is -0.198. The maximum Gasteiger partial charge on any atom is 0.243 e. The number of hydrogen-bond donors (Lipinski definition) is 1. The van der Waals surface area contributed by atoms with Gasteiger partial charge in [0.2, 0.25) is 15.9 Å². The molecule has 31 heavy (non-hydrogen) atoms. The van der Waals surface area contributed by atoms with Gasteiger partial charge in [-0.05, 0) is 29.1 Å². The van der Waals surface area contributed by atoms with Gasteiger partial charge in [-0.25, -0.2) is 8.42 Å². The van der Waals surface area contributed by atoms with E-state index in [2.05, 4.69) is 5.32 Å². The average molecular weight is 431 g/mol. The van der Waals surface area contributed by atoms with E-state index in [0.29, 0.717) is 5.69 Å². The normalized spacial score (nSPS) is 11.5. The third-order valence-corrected chi connectivity index (χ3v) is 6.77. The number of amides is 1. The SMILES string of the molecule is O=C(CN(Cc1ccccc1)S(=O)(=O)c1ccccc1)Nc1cccc2ccccc12. The number of hydrogen-bond acceptors (Lipinski definition) is 3. The summed E-state index contributed by atoms with van der Waals surface area (Å²) in [5, 5.41) is 4.78. The summed E-state index contributed by atoms with van der Waals surface area (Å²) in [4.78, 5) is 13.1. The molecular weight excluding hydrogens is 408 g/mol. The zero-order chi connectivity index (χ0) is 21.7. The second-order valence-corrected chi connectivity index (χ2v) is 9.08. The maximum atomic E-state index is 13.3. The van der Waals surface area contributed by atoms with Gasteiger partial charge >= 0.3 is 0 Å². The molecule has 0 atom stereocenters. The number of rotatable bonds is 7. The molecule has 1 amide bonds. The van der Waals surface area contributed by atoms with Crippen molar-refractivity contribution in [2.75, 3.05) is 11.9 Å². The molecule has 0 aromatic heterocycles. The summed E-state index contributed by atoms with van der Waals surface area (Å²) in [6.07, 6.45) is 0. The fraction of sp³-hybridized carbons (Fsp3) is 0.0800. The first-order chi connectivity index (χ1) is 15.0. The topological polar surface area (TPSA) is 66.5 Å². The second kappa shape index (κ2) is 9.12. The van der Waals surface area contributed by atoms with E-state index in [1.54, 1.807) is 18.2 Å². The Balaban J connectivity index is 1.61. The zero-order valence-electron chi connectivity index (χ0n) is 16.8. The van der Waals surface area contributed by atoms with Crippen LogP contribution in [0.4, 0.5) is 5.69 Å². The van der Waals surface area contributed by atoms with Gasteiger partial charge in [-0.15, -0.1) is 0 Å². The second-order valence-electron chi connectivity index (χ2n) is 7.15. The highest BCUT2D eigenvalue weighted by Crippen LogP contribution is 2.23. The molecule has 4 rings (SSSR count). The van der Waals surface area contributed by atoms with Gasteiger partial charge < -0.3 is 5.32 Å². The molecule has 0 spiro atoms. The minimum Gasteiger partial charge on any atom is -0.324 e. The lowest BCUT2D eigenvalue weighted by Crippen LogP contribution is -2.37. The Morgan fingerprint density at radius 1 is 0.742 bits per heavy atom. The van der Waals surface area contributed by atoms with E-state index in [1.165, 1.54) is 16.4 Å². The van der Waals surface area contributed by atoms with Crippen molar-refractivity contribution in [1.82, 2.24) is 4.31 Å². The van der Waals surface area contributed by atoms with Crippen molar-refractivity contribution < 1.29 is 13.2 Å². The lowest BCUT2D eigenvalue weighted by molar-refractivity contribution is -0.116. The van der Waals surface area contributed by atoms with E-state index in [-0.39, 0.29) is 18.0 Å². The fourth-order valence-electron chi connectivity index (χ4n) is 3.44. The highest BCUT2D eigenvalue weighted by molar-refractivity contribution is 7.89. The van der Waals surface area contributed by atoms with Crippen LogP contribution in [0.25, 0.3) is 10.8 Å². The molecule has 0 saturated carbocycles. The zero-order valence-corrected chi connectivity index (χ0v) is 17.6. The third kappa shape index (κ3) is 4.82. The number of nitrogens with one attached hydrogen (secondary N) is 1. The Labute approximate surface area is 182 Å². The maximum absolute atomic E-state index is 13.3. The van der Waals surface area contributed by atoms with Crippen LogP contribution in [-0.4, -0.2) is 25.2 Å². The predicted molar refractivity (Wildman–Crippen MR) is 123 cm³/mol. The first-order valence-corrected chi connectivity index (χ1v) is 11.3. The number of benzene rings is 4. The fourth-order valence-corrected chi connectivity index (χ4v) is 4.84. The molecule has 0 aliphatic heterocycles. The molecule has 0 bridgehead atoms. The molecule has 0 aliphatic carbocycles. The smallest absolute Gasteiger partial charge is 0.243 e. The molecule has 4 aromatic rings. The van der Waals surface area contributed by atoms with Crippen LogP contribution in [0.5, 0.6) is 0 Å². The van der Waals surface area contributed by atoms with Gasteiger partial charge in [0.1, 0.15) is 0 Å². The van der Waals surface area contributed by atoms with Crippen LogP contribution in [0, 0.1) is 0 Å². The van der Waals surface area contributed by atoms with E-state index in [4.69, 9.17) is 0 Å². The Hall–Kier alpha value is -3.48. The van der Waals surface area contributed by atoms with Gasteiger partial charge in [-0.1, -0.05) is 84.9 Å².